The van der Waals surface area contributed by atoms with Gasteiger partial charge in [0.1, 0.15) is 0 Å². The molecule has 0 radical (unpaired) electrons. The van der Waals surface area contributed by atoms with E-state index in [1.807, 2.05) is 12.1 Å². The Hall–Kier alpha value is -2.00. The Labute approximate surface area is 152 Å². The lowest BCUT2D eigenvalue weighted by atomic mass is 10.0. The number of methoxy groups -OCH3 is 1. The van der Waals surface area contributed by atoms with Crippen LogP contribution in [0.15, 0.2) is 12.1 Å². The first kappa shape index (κ1) is 17.4. The highest BCUT2D eigenvalue weighted by Gasteiger charge is 2.52. The van der Waals surface area contributed by atoms with Crippen molar-refractivity contribution in [2.75, 3.05) is 32.7 Å². The smallest absolute Gasteiger partial charge is 0.231 e. The average molecular weight is 382 g/mol. The molecule has 2 saturated heterocycles. The standard InChI is InChI=1S/C17H22N2O6S/c1-10(20)18-13-8-26(21,22)16-7-19(6-12(13)16)5-11-3-14(23-2)17-15(4-11)24-9-25-17/h3-4,12-13,16H,5-9H2,1-2H3,(H,18,20)/t12-,13+,16-/m0/s1. The summed E-state index contributed by atoms with van der Waals surface area (Å²) in [6.45, 7) is 3.28. The van der Waals surface area contributed by atoms with E-state index in [2.05, 4.69) is 10.2 Å². The van der Waals surface area contributed by atoms with E-state index in [-0.39, 0.29) is 30.4 Å². The van der Waals surface area contributed by atoms with Gasteiger partial charge < -0.3 is 19.5 Å². The summed E-state index contributed by atoms with van der Waals surface area (Å²) in [5.41, 5.74) is 0.972. The number of carbonyl (C=O) groups excluding carboxylic acids is 1. The van der Waals surface area contributed by atoms with Crippen LogP contribution in [0.2, 0.25) is 0 Å². The molecule has 1 N–H and O–H groups in total. The van der Waals surface area contributed by atoms with Crippen LogP contribution >= 0.6 is 0 Å². The molecule has 9 heteroatoms. The maximum atomic E-state index is 12.5. The molecule has 0 saturated carbocycles. The molecule has 1 aromatic rings. The molecular formula is C17H22N2O6S. The molecule has 0 spiro atoms. The van der Waals surface area contributed by atoms with Gasteiger partial charge in [-0.2, -0.15) is 0 Å². The Morgan fingerprint density at radius 2 is 2.15 bits per heavy atom. The van der Waals surface area contributed by atoms with Crippen molar-refractivity contribution in [3.63, 3.8) is 0 Å². The molecule has 26 heavy (non-hydrogen) atoms. The van der Waals surface area contributed by atoms with Gasteiger partial charge in [-0.1, -0.05) is 0 Å². The Balaban J connectivity index is 1.52. The number of carbonyl (C=O) groups is 1. The summed E-state index contributed by atoms with van der Waals surface area (Å²) in [5.74, 6) is 1.63. The Morgan fingerprint density at radius 3 is 2.88 bits per heavy atom. The molecule has 0 unspecified atom stereocenters. The molecule has 8 nitrogen and oxygen atoms in total. The fourth-order valence-corrected chi connectivity index (χ4v) is 6.54. The largest absolute Gasteiger partial charge is 0.493 e. The van der Waals surface area contributed by atoms with Crippen LogP contribution in [-0.2, 0) is 21.2 Å². The van der Waals surface area contributed by atoms with Crippen LogP contribution in [0.3, 0.4) is 0 Å². The van der Waals surface area contributed by atoms with Gasteiger partial charge in [-0.25, -0.2) is 8.42 Å². The lowest BCUT2D eigenvalue weighted by Gasteiger charge is -2.20. The van der Waals surface area contributed by atoms with Crippen LogP contribution < -0.4 is 19.5 Å². The first-order chi connectivity index (χ1) is 12.4. The molecule has 2 fully saturated rings. The number of likely N-dealkylation sites (tertiary alicyclic amines) is 1. The van der Waals surface area contributed by atoms with Gasteiger partial charge in [-0.05, 0) is 17.7 Å². The SMILES string of the molecule is COc1cc(CN2C[C@H]3[C@H](NC(C)=O)CS(=O)(=O)[C@H]3C2)cc2c1OCO2. The van der Waals surface area contributed by atoms with Crippen molar-refractivity contribution in [3.05, 3.63) is 17.7 Å². The fourth-order valence-electron chi connectivity index (χ4n) is 4.22. The van der Waals surface area contributed by atoms with Crippen LogP contribution in [0.4, 0.5) is 0 Å². The minimum atomic E-state index is -3.19. The minimum absolute atomic E-state index is 0.0353. The number of nitrogens with zero attached hydrogens (tertiary/aromatic N) is 1. The number of ether oxygens (including phenoxy) is 3. The zero-order chi connectivity index (χ0) is 18.5. The Bertz CT molecular complexity index is 840. The number of nitrogens with one attached hydrogen (secondary N) is 1. The van der Waals surface area contributed by atoms with Crippen molar-refractivity contribution >= 4 is 15.7 Å². The van der Waals surface area contributed by atoms with Crippen LogP contribution in [0.1, 0.15) is 12.5 Å². The van der Waals surface area contributed by atoms with Crippen molar-refractivity contribution in [1.29, 1.82) is 0 Å². The van der Waals surface area contributed by atoms with Gasteiger partial charge in [0.25, 0.3) is 0 Å². The van der Waals surface area contributed by atoms with E-state index in [1.165, 1.54) is 6.92 Å². The number of amides is 1. The first-order valence-electron chi connectivity index (χ1n) is 8.55. The molecule has 0 bridgehead atoms. The Morgan fingerprint density at radius 1 is 1.35 bits per heavy atom. The Kier molecular flexibility index (Phi) is 4.23. The summed E-state index contributed by atoms with van der Waals surface area (Å²) in [5, 5.41) is 2.38. The van der Waals surface area contributed by atoms with Gasteiger partial charge >= 0.3 is 0 Å². The summed E-state index contributed by atoms with van der Waals surface area (Å²) in [7, 11) is -1.62. The van der Waals surface area contributed by atoms with E-state index in [4.69, 9.17) is 14.2 Å². The molecular weight excluding hydrogens is 360 g/mol. The number of hydrogen-bond acceptors (Lipinski definition) is 7. The van der Waals surface area contributed by atoms with Crippen molar-refractivity contribution in [2.24, 2.45) is 5.92 Å². The van der Waals surface area contributed by atoms with Gasteiger partial charge in [0.15, 0.2) is 21.3 Å². The third-order valence-electron chi connectivity index (χ3n) is 5.29. The predicted octanol–water partition coefficient (Wildman–Crippen LogP) is 0.157. The number of sulfone groups is 1. The summed E-state index contributed by atoms with van der Waals surface area (Å²) >= 11 is 0. The van der Waals surface area contributed by atoms with Crippen LogP contribution in [0.5, 0.6) is 17.2 Å². The molecule has 3 atom stereocenters. The lowest BCUT2D eigenvalue weighted by molar-refractivity contribution is -0.119. The molecule has 3 aliphatic rings. The van der Waals surface area contributed by atoms with Gasteiger partial charge in [-0.15, -0.1) is 0 Å². The molecule has 0 aliphatic carbocycles. The number of fused-ring (bicyclic) bond motifs is 2. The summed E-state index contributed by atoms with van der Waals surface area (Å²) < 4.78 is 41.1. The van der Waals surface area contributed by atoms with Crippen molar-refractivity contribution in [2.45, 2.75) is 24.8 Å². The third kappa shape index (κ3) is 2.99. The van der Waals surface area contributed by atoms with E-state index in [1.54, 1.807) is 7.11 Å². The maximum absolute atomic E-state index is 12.5. The van der Waals surface area contributed by atoms with Crippen LogP contribution in [0, 0.1) is 5.92 Å². The summed E-state index contributed by atoms with van der Waals surface area (Å²) in [6, 6.07) is 3.49. The maximum Gasteiger partial charge on any atom is 0.231 e. The average Bonchev–Trinajstić information content (AvgIpc) is 3.23. The van der Waals surface area contributed by atoms with Gasteiger partial charge in [0.05, 0.1) is 18.1 Å². The van der Waals surface area contributed by atoms with Gasteiger partial charge in [0.2, 0.25) is 18.4 Å². The highest BCUT2D eigenvalue weighted by atomic mass is 32.2. The predicted molar refractivity (Wildman–Crippen MR) is 93.1 cm³/mol. The molecule has 3 heterocycles. The first-order valence-corrected chi connectivity index (χ1v) is 10.3. The van der Waals surface area contributed by atoms with E-state index in [0.717, 1.165) is 5.56 Å². The van der Waals surface area contributed by atoms with Crippen molar-refractivity contribution in [1.82, 2.24) is 10.2 Å². The van der Waals surface area contributed by atoms with Crippen LogP contribution in [0.25, 0.3) is 0 Å². The number of rotatable bonds is 4. The second kappa shape index (κ2) is 6.31. The van der Waals surface area contributed by atoms with E-state index in [9.17, 15) is 13.2 Å². The topological polar surface area (TPSA) is 94.2 Å². The third-order valence-corrected chi connectivity index (χ3v) is 7.53. The normalized spacial score (nSPS) is 28.8. The molecule has 0 aromatic heterocycles. The number of benzene rings is 1. The summed E-state index contributed by atoms with van der Waals surface area (Å²) in [4.78, 5) is 13.5. The highest BCUT2D eigenvalue weighted by molar-refractivity contribution is 7.92. The molecule has 142 valence electrons. The highest BCUT2D eigenvalue weighted by Crippen LogP contribution is 2.42. The van der Waals surface area contributed by atoms with Crippen molar-refractivity contribution in [3.8, 4) is 17.2 Å². The van der Waals surface area contributed by atoms with E-state index in [0.29, 0.717) is 36.9 Å². The molecule has 1 amide bonds. The quantitative estimate of drug-likeness (QED) is 0.793. The monoisotopic (exact) mass is 382 g/mol. The minimum Gasteiger partial charge on any atom is -0.493 e. The van der Waals surface area contributed by atoms with Crippen LogP contribution in [-0.4, -0.2) is 63.3 Å². The molecule has 3 aliphatic heterocycles. The zero-order valence-corrected chi connectivity index (χ0v) is 15.5. The van der Waals surface area contributed by atoms with Crippen molar-refractivity contribution < 1.29 is 27.4 Å². The summed E-state index contributed by atoms with van der Waals surface area (Å²) in [6.07, 6.45) is 0. The number of hydrogen-bond donors (Lipinski definition) is 1. The van der Waals surface area contributed by atoms with Gasteiger partial charge in [-0.3, -0.25) is 9.69 Å². The lowest BCUT2D eigenvalue weighted by Crippen LogP contribution is -2.40. The van der Waals surface area contributed by atoms with E-state index >= 15 is 0 Å². The van der Waals surface area contributed by atoms with Gasteiger partial charge in [0, 0.05) is 38.5 Å². The second-order valence-corrected chi connectivity index (χ2v) is 9.33. The molecule has 1 aromatic carbocycles. The molecule has 4 rings (SSSR count). The van der Waals surface area contributed by atoms with E-state index < -0.39 is 15.1 Å². The fraction of sp³-hybridized carbons (Fsp3) is 0.588. The zero-order valence-electron chi connectivity index (χ0n) is 14.7. The second-order valence-electron chi connectivity index (χ2n) is 7.06.